The second kappa shape index (κ2) is 7.74. The van der Waals surface area contributed by atoms with Gasteiger partial charge in [0.2, 0.25) is 0 Å². The first-order chi connectivity index (χ1) is 12.5. The predicted octanol–water partition coefficient (Wildman–Crippen LogP) is 4.42. The van der Waals surface area contributed by atoms with Crippen LogP contribution in [0.4, 0.5) is 8.78 Å². The third-order valence-corrected chi connectivity index (χ3v) is 4.75. The molecule has 0 N–H and O–H groups in total. The highest BCUT2D eigenvalue weighted by Crippen LogP contribution is 2.31. The van der Waals surface area contributed by atoms with Crippen LogP contribution in [0.1, 0.15) is 16.9 Å². The summed E-state index contributed by atoms with van der Waals surface area (Å²) in [5.41, 5.74) is 1.16. The lowest BCUT2D eigenvalue weighted by molar-refractivity contribution is 0.0656. The molecule has 0 aliphatic rings. The van der Waals surface area contributed by atoms with E-state index >= 15 is 0 Å². The van der Waals surface area contributed by atoms with Crippen LogP contribution in [0.5, 0.6) is 11.5 Å². The molecule has 136 valence electrons. The Morgan fingerprint density at radius 3 is 2.65 bits per heavy atom. The van der Waals surface area contributed by atoms with E-state index in [1.165, 1.54) is 14.2 Å². The standard InChI is InChI=1S/C18H16F2N2O3S/c1-24-11-7-8-12(16(9-11)25-2)15(23)10-26-18-21-13-5-3-4-6-14(13)22(18)17(19)20/h3-9,17H,10H2,1-2H3. The minimum atomic E-state index is -2.74. The van der Waals surface area contributed by atoms with Crippen molar-refractivity contribution in [3.63, 3.8) is 0 Å². The normalized spacial score (nSPS) is 11.1. The molecule has 1 aromatic heterocycles. The van der Waals surface area contributed by atoms with Crippen molar-refractivity contribution in [2.45, 2.75) is 11.7 Å². The van der Waals surface area contributed by atoms with Crippen LogP contribution in [0.2, 0.25) is 0 Å². The zero-order chi connectivity index (χ0) is 18.7. The fourth-order valence-electron chi connectivity index (χ4n) is 2.55. The number of rotatable bonds is 7. The van der Waals surface area contributed by atoms with Crippen LogP contribution in [0.25, 0.3) is 11.0 Å². The number of fused-ring (bicyclic) bond motifs is 1. The summed E-state index contributed by atoms with van der Waals surface area (Å²) in [6.45, 7) is -2.74. The maximum Gasteiger partial charge on any atom is 0.321 e. The third-order valence-electron chi connectivity index (χ3n) is 3.80. The number of thioether (sulfide) groups is 1. The van der Waals surface area contributed by atoms with E-state index in [0.717, 1.165) is 16.3 Å². The molecule has 0 fully saturated rings. The molecule has 0 spiro atoms. The SMILES string of the molecule is COc1ccc(C(=O)CSc2nc3ccccc3n2C(F)F)c(OC)c1. The van der Waals surface area contributed by atoms with Gasteiger partial charge in [-0.15, -0.1) is 0 Å². The van der Waals surface area contributed by atoms with Crippen molar-refractivity contribution < 1.29 is 23.0 Å². The van der Waals surface area contributed by atoms with Gasteiger partial charge in [-0.3, -0.25) is 9.36 Å². The maximum absolute atomic E-state index is 13.4. The van der Waals surface area contributed by atoms with Crippen LogP contribution in [0, 0.1) is 0 Å². The number of hydrogen-bond donors (Lipinski definition) is 0. The average Bonchev–Trinajstić information content (AvgIpc) is 3.04. The molecule has 3 aromatic rings. The van der Waals surface area contributed by atoms with Gasteiger partial charge >= 0.3 is 6.55 Å². The van der Waals surface area contributed by atoms with Crippen molar-refractivity contribution in [2.75, 3.05) is 20.0 Å². The zero-order valence-corrected chi connectivity index (χ0v) is 14.9. The van der Waals surface area contributed by atoms with Gasteiger partial charge < -0.3 is 9.47 Å². The Kier molecular flexibility index (Phi) is 5.41. The Balaban J connectivity index is 1.84. The predicted molar refractivity (Wildman–Crippen MR) is 95.6 cm³/mol. The van der Waals surface area contributed by atoms with Gasteiger partial charge in [-0.2, -0.15) is 8.78 Å². The van der Waals surface area contributed by atoms with Gasteiger partial charge in [-0.1, -0.05) is 23.9 Å². The van der Waals surface area contributed by atoms with Gasteiger partial charge in [-0.25, -0.2) is 4.98 Å². The Morgan fingerprint density at radius 2 is 1.96 bits per heavy atom. The van der Waals surface area contributed by atoms with Crippen LogP contribution in [0.15, 0.2) is 47.6 Å². The van der Waals surface area contributed by atoms with Gasteiger partial charge in [-0.05, 0) is 24.3 Å². The number of Topliss-reactive ketones (excluding diaryl/α,β-unsaturated/α-hetero) is 1. The second-order valence-electron chi connectivity index (χ2n) is 5.31. The summed E-state index contributed by atoms with van der Waals surface area (Å²) in [7, 11) is 2.97. The fraction of sp³-hybridized carbons (Fsp3) is 0.222. The molecule has 26 heavy (non-hydrogen) atoms. The zero-order valence-electron chi connectivity index (χ0n) is 14.1. The highest BCUT2D eigenvalue weighted by molar-refractivity contribution is 7.99. The lowest BCUT2D eigenvalue weighted by Crippen LogP contribution is -2.07. The number of benzene rings is 2. The molecule has 3 rings (SSSR count). The van der Waals surface area contributed by atoms with E-state index in [4.69, 9.17) is 9.47 Å². The average molecular weight is 378 g/mol. The Bertz CT molecular complexity index is 943. The Labute approximate surface area is 152 Å². The number of imidazole rings is 1. The number of ketones is 1. The number of methoxy groups -OCH3 is 2. The molecular formula is C18H16F2N2O3S. The van der Waals surface area contributed by atoms with Gasteiger partial charge in [0.25, 0.3) is 0 Å². The number of alkyl halides is 2. The number of nitrogens with zero attached hydrogens (tertiary/aromatic N) is 2. The summed E-state index contributed by atoms with van der Waals surface area (Å²) in [6, 6.07) is 11.5. The van der Waals surface area contributed by atoms with E-state index < -0.39 is 6.55 Å². The van der Waals surface area contributed by atoms with Crippen molar-refractivity contribution in [3.05, 3.63) is 48.0 Å². The molecule has 5 nitrogen and oxygen atoms in total. The lowest BCUT2D eigenvalue weighted by Gasteiger charge is -2.10. The van der Waals surface area contributed by atoms with Crippen LogP contribution in [-0.2, 0) is 0 Å². The molecule has 0 radical (unpaired) electrons. The number of aromatic nitrogens is 2. The van der Waals surface area contributed by atoms with E-state index in [0.29, 0.717) is 28.1 Å². The minimum absolute atomic E-state index is 0.0429. The van der Waals surface area contributed by atoms with Crippen molar-refractivity contribution in [3.8, 4) is 11.5 Å². The number of ether oxygens (including phenoxy) is 2. The smallest absolute Gasteiger partial charge is 0.321 e. The summed E-state index contributed by atoms with van der Waals surface area (Å²) in [5.74, 6) is 0.642. The van der Waals surface area contributed by atoms with Crippen LogP contribution >= 0.6 is 11.8 Å². The number of para-hydroxylation sites is 2. The van der Waals surface area contributed by atoms with Gasteiger partial charge in [0.1, 0.15) is 11.5 Å². The lowest BCUT2D eigenvalue weighted by atomic mass is 10.1. The molecular weight excluding hydrogens is 362 g/mol. The molecule has 0 unspecified atom stereocenters. The molecule has 0 saturated carbocycles. The monoisotopic (exact) mass is 378 g/mol. The number of carbonyl (C=O) groups excluding carboxylic acids is 1. The highest BCUT2D eigenvalue weighted by Gasteiger charge is 2.20. The van der Waals surface area contributed by atoms with Crippen LogP contribution < -0.4 is 9.47 Å². The van der Waals surface area contributed by atoms with Gasteiger partial charge in [0.05, 0.1) is 36.6 Å². The highest BCUT2D eigenvalue weighted by atomic mass is 32.2. The van der Waals surface area contributed by atoms with Crippen LogP contribution in [0.3, 0.4) is 0 Å². The van der Waals surface area contributed by atoms with Crippen LogP contribution in [-0.4, -0.2) is 35.3 Å². The molecule has 1 heterocycles. The van der Waals surface area contributed by atoms with Gasteiger partial charge in [0, 0.05) is 6.07 Å². The molecule has 8 heteroatoms. The Morgan fingerprint density at radius 1 is 1.19 bits per heavy atom. The molecule has 0 aliphatic heterocycles. The molecule has 2 aromatic carbocycles. The van der Waals surface area contributed by atoms with E-state index in [1.807, 2.05) is 0 Å². The van der Waals surface area contributed by atoms with Crippen molar-refractivity contribution in [2.24, 2.45) is 0 Å². The van der Waals surface area contributed by atoms with Gasteiger partial charge in [0.15, 0.2) is 10.9 Å². The summed E-state index contributed by atoms with van der Waals surface area (Å²) in [5, 5.41) is 0.0991. The van der Waals surface area contributed by atoms with E-state index in [1.54, 1.807) is 42.5 Å². The summed E-state index contributed by atoms with van der Waals surface area (Å²) in [6.07, 6.45) is 0. The van der Waals surface area contributed by atoms with Crippen molar-refractivity contribution in [1.29, 1.82) is 0 Å². The van der Waals surface area contributed by atoms with Crippen molar-refractivity contribution >= 4 is 28.6 Å². The maximum atomic E-state index is 13.4. The number of hydrogen-bond acceptors (Lipinski definition) is 5. The largest absolute Gasteiger partial charge is 0.497 e. The number of carbonyl (C=O) groups is 1. The van der Waals surface area contributed by atoms with Crippen molar-refractivity contribution in [1.82, 2.24) is 9.55 Å². The molecule has 0 saturated heterocycles. The van der Waals surface area contributed by atoms with E-state index in [2.05, 4.69) is 4.98 Å². The third kappa shape index (κ3) is 3.50. The quantitative estimate of drug-likeness (QED) is 0.450. The molecule has 0 amide bonds. The first-order valence-electron chi connectivity index (χ1n) is 7.68. The molecule has 0 aliphatic carbocycles. The number of halogens is 2. The summed E-state index contributed by atoms with van der Waals surface area (Å²) >= 11 is 0.969. The Hall–Kier alpha value is -2.61. The first-order valence-corrected chi connectivity index (χ1v) is 8.67. The topological polar surface area (TPSA) is 53.3 Å². The fourth-order valence-corrected chi connectivity index (χ4v) is 3.45. The minimum Gasteiger partial charge on any atom is -0.497 e. The first kappa shape index (κ1) is 18.2. The molecule has 0 bridgehead atoms. The van der Waals surface area contributed by atoms with E-state index in [9.17, 15) is 13.6 Å². The summed E-state index contributed by atoms with van der Waals surface area (Å²) < 4.78 is 38.0. The summed E-state index contributed by atoms with van der Waals surface area (Å²) in [4.78, 5) is 16.7. The molecule has 0 atom stereocenters. The van der Waals surface area contributed by atoms with E-state index in [-0.39, 0.29) is 16.7 Å². The second-order valence-corrected chi connectivity index (χ2v) is 6.25.